The van der Waals surface area contributed by atoms with Crippen molar-refractivity contribution in [1.29, 1.82) is 0 Å². The van der Waals surface area contributed by atoms with Gasteiger partial charge in [-0.3, -0.25) is 14.4 Å². The Morgan fingerprint density at radius 2 is 1.43 bits per heavy atom. The van der Waals surface area contributed by atoms with Gasteiger partial charge in [-0.05, 0) is 36.0 Å². The third-order valence-corrected chi connectivity index (χ3v) is 8.69. The van der Waals surface area contributed by atoms with Crippen molar-refractivity contribution in [3.63, 3.8) is 0 Å². The van der Waals surface area contributed by atoms with E-state index in [0.717, 1.165) is 0 Å². The minimum absolute atomic E-state index is 0.00515. The molecule has 0 amide bonds. The monoisotopic (exact) mass is 494 g/mol. The summed E-state index contributed by atoms with van der Waals surface area (Å²) < 4.78 is 16.7. The van der Waals surface area contributed by atoms with Crippen LogP contribution in [0.1, 0.15) is 67.7 Å². The van der Waals surface area contributed by atoms with Crippen LogP contribution in [0.15, 0.2) is 23.3 Å². The highest BCUT2D eigenvalue weighted by Crippen LogP contribution is 2.61. The molecule has 0 aromatic carbocycles. The van der Waals surface area contributed by atoms with E-state index in [4.69, 9.17) is 14.2 Å². The van der Waals surface area contributed by atoms with Crippen LogP contribution in [0.4, 0.5) is 0 Å². The molecule has 3 aliphatic carbocycles. The molecule has 2 saturated carbocycles. The lowest BCUT2D eigenvalue weighted by Crippen LogP contribution is -2.67. The first-order valence-electron chi connectivity index (χ1n) is 12.0. The van der Waals surface area contributed by atoms with Crippen LogP contribution < -0.4 is 0 Å². The van der Waals surface area contributed by atoms with Crippen LogP contribution in [-0.2, 0) is 28.6 Å². The number of esters is 3. The first-order valence-corrected chi connectivity index (χ1v) is 12.0. The molecule has 2 fully saturated rings. The van der Waals surface area contributed by atoms with Crippen molar-refractivity contribution >= 4 is 17.9 Å². The van der Waals surface area contributed by atoms with E-state index in [9.17, 15) is 29.7 Å². The second kappa shape index (κ2) is 9.01. The largest absolute Gasteiger partial charge is 0.458 e. The zero-order valence-electron chi connectivity index (χ0n) is 21.6. The topological polar surface area (TPSA) is 140 Å². The normalized spacial score (nSPS) is 40.7. The molecule has 3 aliphatic rings. The van der Waals surface area contributed by atoms with Crippen LogP contribution in [0.5, 0.6) is 0 Å². The third-order valence-electron chi connectivity index (χ3n) is 8.69. The average Bonchev–Trinajstić information content (AvgIpc) is 2.70. The molecule has 8 atom stereocenters. The van der Waals surface area contributed by atoms with E-state index in [0.29, 0.717) is 16.7 Å². The van der Waals surface area contributed by atoms with Crippen LogP contribution in [0, 0.1) is 16.7 Å². The van der Waals surface area contributed by atoms with Gasteiger partial charge in [0.1, 0.15) is 18.3 Å². The molecule has 0 saturated heterocycles. The van der Waals surface area contributed by atoms with Crippen LogP contribution >= 0.6 is 0 Å². The molecule has 3 N–H and O–H groups in total. The van der Waals surface area contributed by atoms with E-state index >= 15 is 0 Å². The molecule has 0 radical (unpaired) electrons. The Balaban J connectivity index is 2.29. The maximum Gasteiger partial charge on any atom is 0.303 e. The molecule has 35 heavy (non-hydrogen) atoms. The highest BCUT2D eigenvalue weighted by atomic mass is 16.6. The number of carbonyl (C=O) groups excluding carboxylic acids is 3. The summed E-state index contributed by atoms with van der Waals surface area (Å²) in [5, 5.41) is 35.4. The standard InChI is InChI=1S/C26H38O9/c1-12-17-10-26(32)11-19(34-15(4)28)13(2)21(24(26,6)7)22(35-16(5)29)23(31)25(17,8)20(30)9-18(12)33-14(3)27/h17-20,22-23,30-32H,1,9-11H2,2-8H3/t17-,18+,19+,20+,22+,23-,25+,26-/m1/s1. The Hall–Kier alpha value is -2.23. The van der Waals surface area contributed by atoms with Crippen LogP contribution in [0.3, 0.4) is 0 Å². The summed E-state index contributed by atoms with van der Waals surface area (Å²) in [6.45, 7) is 14.9. The maximum absolute atomic E-state index is 12.2. The molecular weight excluding hydrogens is 456 g/mol. The summed E-state index contributed by atoms with van der Waals surface area (Å²) in [4.78, 5) is 35.8. The molecule has 2 bridgehead atoms. The Kier molecular flexibility index (Phi) is 7.05. The van der Waals surface area contributed by atoms with E-state index in [-0.39, 0.29) is 19.3 Å². The van der Waals surface area contributed by atoms with Crippen molar-refractivity contribution in [2.45, 2.75) is 104 Å². The van der Waals surface area contributed by atoms with Gasteiger partial charge in [0, 0.05) is 44.4 Å². The molecule has 0 aromatic rings. The summed E-state index contributed by atoms with van der Waals surface area (Å²) in [6, 6.07) is 0. The quantitative estimate of drug-likeness (QED) is 0.305. The van der Waals surface area contributed by atoms with Gasteiger partial charge in [-0.15, -0.1) is 0 Å². The Bertz CT molecular complexity index is 966. The minimum atomic E-state index is -1.51. The highest BCUT2D eigenvalue weighted by Gasteiger charge is 2.65. The molecule has 0 aliphatic heterocycles. The fraction of sp³-hybridized carbons (Fsp3) is 0.731. The average molecular weight is 495 g/mol. The molecule has 9 nitrogen and oxygen atoms in total. The van der Waals surface area contributed by atoms with Gasteiger partial charge in [0.15, 0.2) is 6.10 Å². The van der Waals surface area contributed by atoms with Gasteiger partial charge in [0.05, 0.1) is 11.7 Å². The first-order chi connectivity index (χ1) is 16.0. The second-order valence-electron chi connectivity index (χ2n) is 11.1. The van der Waals surface area contributed by atoms with Gasteiger partial charge in [-0.25, -0.2) is 0 Å². The number of fused-ring (bicyclic) bond motifs is 3. The van der Waals surface area contributed by atoms with Gasteiger partial charge < -0.3 is 29.5 Å². The lowest BCUT2D eigenvalue weighted by Gasteiger charge is -2.61. The van der Waals surface area contributed by atoms with Crippen molar-refractivity contribution < 1.29 is 43.9 Å². The number of hydrogen-bond acceptors (Lipinski definition) is 9. The summed E-state index contributed by atoms with van der Waals surface area (Å²) in [6.07, 6.45) is -5.29. The molecule has 0 spiro atoms. The van der Waals surface area contributed by atoms with Gasteiger partial charge in [0.2, 0.25) is 0 Å². The first kappa shape index (κ1) is 27.4. The molecule has 0 heterocycles. The third kappa shape index (κ3) is 4.32. The van der Waals surface area contributed by atoms with Crippen molar-refractivity contribution in [3.05, 3.63) is 23.3 Å². The fourth-order valence-electron chi connectivity index (χ4n) is 6.55. The lowest BCUT2D eigenvalue weighted by molar-refractivity contribution is -0.209. The summed E-state index contributed by atoms with van der Waals surface area (Å²) >= 11 is 0. The number of hydrogen-bond donors (Lipinski definition) is 3. The maximum atomic E-state index is 12.2. The van der Waals surface area contributed by atoms with Crippen LogP contribution in [0.25, 0.3) is 0 Å². The SMILES string of the molecule is C=C1[C@@H](OC(C)=O)C[C@H](O)[C@]2(C)[C@@H]1C[C@@]1(O)C[C@H](OC(C)=O)C(C)=C([C@H](OC(C)=O)[C@H]2O)C1(C)C. The zero-order valence-corrected chi connectivity index (χ0v) is 21.6. The van der Waals surface area contributed by atoms with Gasteiger partial charge in [0.25, 0.3) is 0 Å². The Morgan fingerprint density at radius 3 is 1.94 bits per heavy atom. The van der Waals surface area contributed by atoms with E-state index < -0.39 is 70.8 Å². The minimum Gasteiger partial charge on any atom is -0.458 e. The van der Waals surface area contributed by atoms with Crippen molar-refractivity contribution in [1.82, 2.24) is 0 Å². The highest BCUT2D eigenvalue weighted by molar-refractivity contribution is 5.68. The number of carbonyl (C=O) groups is 3. The van der Waals surface area contributed by atoms with E-state index in [1.165, 1.54) is 20.8 Å². The number of aliphatic hydroxyl groups excluding tert-OH is 2. The fourth-order valence-corrected chi connectivity index (χ4v) is 6.55. The van der Waals surface area contributed by atoms with Crippen molar-refractivity contribution in [2.75, 3.05) is 0 Å². The van der Waals surface area contributed by atoms with Gasteiger partial charge >= 0.3 is 17.9 Å². The van der Waals surface area contributed by atoms with Gasteiger partial charge in [-0.2, -0.15) is 0 Å². The number of ether oxygens (including phenoxy) is 3. The zero-order chi connectivity index (χ0) is 26.7. The van der Waals surface area contributed by atoms with Crippen molar-refractivity contribution in [3.8, 4) is 0 Å². The van der Waals surface area contributed by atoms with E-state index in [1.54, 1.807) is 27.7 Å². The molecule has 9 heteroatoms. The Labute approximate surface area is 206 Å². The van der Waals surface area contributed by atoms with Crippen LogP contribution in [0.2, 0.25) is 0 Å². The summed E-state index contributed by atoms with van der Waals surface area (Å²) in [5.74, 6) is -2.44. The molecule has 0 unspecified atom stereocenters. The predicted molar refractivity (Wildman–Crippen MR) is 125 cm³/mol. The number of rotatable bonds is 3. The smallest absolute Gasteiger partial charge is 0.303 e. The van der Waals surface area contributed by atoms with Crippen molar-refractivity contribution in [2.24, 2.45) is 16.7 Å². The number of aliphatic hydroxyl groups is 3. The lowest BCUT2D eigenvalue weighted by atomic mass is 9.48. The van der Waals surface area contributed by atoms with E-state index in [1.807, 2.05) is 0 Å². The molecule has 196 valence electrons. The summed E-state index contributed by atoms with van der Waals surface area (Å²) in [7, 11) is 0. The predicted octanol–water partition coefficient (Wildman–Crippen LogP) is 1.97. The van der Waals surface area contributed by atoms with E-state index in [2.05, 4.69) is 6.58 Å². The molecular formula is C26H38O9. The molecule has 0 aromatic heterocycles. The van der Waals surface area contributed by atoms with Gasteiger partial charge in [-0.1, -0.05) is 27.4 Å². The second-order valence-corrected chi connectivity index (χ2v) is 11.1. The van der Waals surface area contributed by atoms with Crippen LogP contribution in [-0.4, -0.2) is 69.3 Å². The summed E-state index contributed by atoms with van der Waals surface area (Å²) in [5.41, 5.74) is -2.32. The Morgan fingerprint density at radius 1 is 0.914 bits per heavy atom. The molecule has 3 rings (SSSR count).